The summed E-state index contributed by atoms with van der Waals surface area (Å²) in [6.45, 7) is 6.28. The van der Waals surface area contributed by atoms with Gasteiger partial charge in [-0.25, -0.2) is 14.5 Å². The van der Waals surface area contributed by atoms with E-state index < -0.39 is 0 Å². The highest BCUT2D eigenvalue weighted by Gasteiger charge is 2.19. The van der Waals surface area contributed by atoms with Gasteiger partial charge in [0.15, 0.2) is 5.65 Å². The molecule has 1 fully saturated rings. The topological polar surface area (TPSA) is 55.1 Å². The predicted octanol–water partition coefficient (Wildman–Crippen LogP) is 4.09. The van der Waals surface area contributed by atoms with Gasteiger partial charge >= 0.3 is 0 Å². The van der Waals surface area contributed by atoms with E-state index in [0.717, 1.165) is 46.8 Å². The van der Waals surface area contributed by atoms with Gasteiger partial charge in [0.05, 0.1) is 32.8 Å². The lowest BCUT2D eigenvalue weighted by Crippen LogP contribution is -2.26. The molecule has 0 saturated carbocycles. The van der Waals surface area contributed by atoms with Crippen LogP contribution in [0.1, 0.15) is 35.0 Å². The first-order valence-corrected chi connectivity index (χ1v) is 9.94. The molecule has 1 aromatic carbocycles. The number of aromatic nitrogens is 4. The van der Waals surface area contributed by atoms with Crippen molar-refractivity contribution in [2.24, 2.45) is 0 Å². The van der Waals surface area contributed by atoms with Crippen molar-refractivity contribution in [3.05, 3.63) is 46.7 Å². The summed E-state index contributed by atoms with van der Waals surface area (Å²) in [6.07, 6.45) is 4.35. The normalized spacial score (nSPS) is 15.9. The Labute approximate surface area is 156 Å². The molecule has 0 amide bonds. The Morgan fingerprint density at radius 1 is 1.12 bits per heavy atom. The monoisotopic (exact) mass is 363 g/mol. The molecule has 3 aromatic heterocycles. The van der Waals surface area contributed by atoms with E-state index in [4.69, 9.17) is 10.1 Å². The zero-order chi connectivity index (χ0) is 17.7. The van der Waals surface area contributed by atoms with E-state index >= 15 is 0 Å². The lowest BCUT2D eigenvalue weighted by atomic mass is 9.99. The van der Waals surface area contributed by atoms with Crippen molar-refractivity contribution >= 4 is 27.2 Å². The van der Waals surface area contributed by atoms with Crippen LogP contribution >= 0.6 is 11.3 Å². The Kier molecular flexibility index (Phi) is 3.76. The van der Waals surface area contributed by atoms with Crippen LogP contribution in [0.4, 0.5) is 0 Å². The van der Waals surface area contributed by atoms with Crippen LogP contribution in [0.5, 0.6) is 0 Å². The molecule has 1 aliphatic rings. The van der Waals surface area contributed by atoms with Crippen molar-refractivity contribution < 1.29 is 0 Å². The highest BCUT2D eigenvalue weighted by atomic mass is 32.1. The van der Waals surface area contributed by atoms with Crippen LogP contribution in [0.15, 0.2) is 30.5 Å². The number of rotatable bonds is 2. The summed E-state index contributed by atoms with van der Waals surface area (Å²) in [4.78, 5) is 9.44. The van der Waals surface area contributed by atoms with E-state index in [9.17, 15) is 0 Å². The third-order valence-corrected chi connectivity index (χ3v) is 6.30. The average molecular weight is 363 g/mol. The fourth-order valence-corrected chi connectivity index (χ4v) is 4.91. The minimum Gasteiger partial charge on any atom is -0.317 e. The molecule has 4 aromatic rings. The highest BCUT2D eigenvalue weighted by molar-refractivity contribution is 7.18. The van der Waals surface area contributed by atoms with Gasteiger partial charge in [-0.2, -0.15) is 5.10 Å². The van der Waals surface area contributed by atoms with Gasteiger partial charge in [0.1, 0.15) is 0 Å². The highest BCUT2D eigenvalue weighted by Crippen LogP contribution is 2.34. The lowest BCUT2D eigenvalue weighted by molar-refractivity contribution is 0.459. The lowest BCUT2D eigenvalue weighted by Gasteiger charge is -2.20. The average Bonchev–Trinajstić information content (AvgIpc) is 3.24. The molecule has 0 atom stereocenters. The van der Waals surface area contributed by atoms with E-state index in [1.165, 1.54) is 22.5 Å². The molecule has 4 heterocycles. The molecule has 26 heavy (non-hydrogen) atoms. The summed E-state index contributed by atoms with van der Waals surface area (Å²) < 4.78 is 3.13. The van der Waals surface area contributed by atoms with Gasteiger partial charge in [0.25, 0.3) is 0 Å². The number of aryl methyl sites for hydroxylation is 2. The Bertz CT molecular complexity index is 1100. The number of fused-ring (bicyclic) bond motifs is 2. The SMILES string of the molecule is Cc1cn2nc(-c3ccc4nc(C5CCNCC5)sc4c3)cc(C)c2n1. The maximum Gasteiger partial charge on any atom is 0.156 e. The van der Waals surface area contributed by atoms with Gasteiger partial charge in [0, 0.05) is 11.5 Å². The summed E-state index contributed by atoms with van der Waals surface area (Å²) in [7, 11) is 0. The smallest absolute Gasteiger partial charge is 0.156 e. The fourth-order valence-electron chi connectivity index (χ4n) is 3.73. The van der Waals surface area contributed by atoms with Crippen molar-refractivity contribution in [3.63, 3.8) is 0 Å². The molecule has 1 aliphatic heterocycles. The molecule has 6 heteroatoms. The number of hydrogen-bond donors (Lipinski definition) is 1. The molecule has 0 spiro atoms. The fraction of sp³-hybridized carbons (Fsp3) is 0.350. The van der Waals surface area contributed by atoms with E-state index in [0.29, 0.717) is 5.92 Å². The Hall–Kier alpha value is -2.31. The van der Waals surface area contributed by atoms with Crippen molar-refractivity contribution in [1.29, 1.82) is 0 Å². The summed E-state index contributed by atoms with van der Waals surface area (Å²) >= 11 is 1.84. The van der Waals surface area contributed by atoms with Crippen molar-refractivity contribution in [1.82, 2.24) is 24.9 Å². The molecular weight excluding hydrogens is 342 g/mol. The van der Waals surface area contributed by atoms with Gasteiger partial charge in [-0.1, -0.05) is 6.07 Å². The van der Waals surface area contributed by atoms with E-state index in [1.807, 2.05) is 29.0 Å². The van der Waals surface area contributed by atoms with E-state index in [2.05, 4.69) is 41.5 Å². The number of nitrogens with one attached hydrogen (secondary N) is 1. The number of piperidine rings is 1. The van der Waals surface area contributed by atoms with Gasteiger partial charge in [-0.3, -0.25) is 0 Å². The number of nitrogens with zero attached hydrogens (tertiary/aromatic N) is 4. The van der Waals surface area contributed by atoms with Crippen LogP contribution in [-0.2, 0) is 0 Å². The molecule has 5 nitrogen and oxygen atoms in total. The van der Waals surface area contributed by atoms with Crippen molar-refractivity contribution in [3.8, 4) is 11.3 Å². The maximum absolute atomic E-state index is 4.90. The first kappa shape index (κ1) is 15.9. The van der Waals surface area contributed by atoms with Crippen LogP contribution in [0, 0.1) is 13.8 Å². The molecule has 132 valence electrons. The quantitative estimate of drug-likeness (QED) is 0.583. The standard InChI is InChI=1S/C20H21N5S/c1-12-9-17(24-25-11-13(2)22-19(12)25)15-3-4-16-18(10-15)26-20(23-16)14-5-7-21-8-6-14/h3-4,9-11,14,21H,5-8H2,1-2H3. The first-order chi connectivity index (χ1) is 12.7. The minimum atomic E-state index is 0.600. The van der Waals surface area contributed by atoms with Gasteiger partial charge < -0.3 is 5.32 Å². The van der Waals surface area contributed by atoms with E-state index in [1.54, 1.807) is 0 Å². The van der Waals surface area contributed by atoms with Crippen LogP contribution in [-0.4, -0.2) is 32.7 Å². The Balaban J connectivity index is 1.56. The molecule has 0 radical (unpaired) electrons. The third-order valence-electron chi connectivity index (χ3n) is 5.12. The third kappa shape index (κ3) is 2.70. The molecule has 1 saturated heterocycles. The van der Waals surface area contributed by atoms with Gasteiger partial charge in [0.2, 0.25) is 0 Å². The maximum atomic E-state index is 4.90. The second-order valence-corrected chi connectivity index (χ2v) is 8.18. The molecule has 0 unspecified atom stereocenters. The van der Waals surface area contributed by atoms with Crippen molar-refractivity contribution in [2.75, 3.05) is 13.1 Å². The molecule has 1 N–H and O–H groups in total. The zero-order valence-corrected chi connectivity index (χ0v) is 15.8. The van der Waals surface area contributed by atoms with E-state index in [-0.39, 0.29) is 0 Å². The summed E-state index contributed by atoms with van der Waals surface area (Å²) in [5.41, 5.74) is 6.27. The minimum absolute atomic E-state index is 0.600. The van der Waals surface area contributed by atoms with Crippen LogP contribution in [0.25, 0.3) is 27.1 Å². The molecule has 5 rings (SSSR count). The van der Waals surface area contributed by atoms with Crippen LogP contribution < -0.4 is 5.32 Å². The van der Waals surface area contributed by atoms with Crippen LogP contribution in [0.2, 0.25) is 0 Å². The summed E-state index contributed by atoms with van der Waals surface area (Å²) in [5.74, 6) is 0.600. The largest absolute Gasteiger partial charge is 0.317 e. The molecule has 0 bridgehead atoms. The van der Waals surface area contributed by atoms with Gasteiger partial charge in [-0.05, 0) is 63.5 Å². The first-order valence-electron chi connectivity index (χ1n) is 9.12. The summed E-state index contributed by atoms with van der Waals surface area (Å²) in [6, 6.07) is 8.62. The number of thiazole rings is 1. The van der Waals surface area contributed by atoms with Crippen molar-refractivity contribution in [2.45, 2.75) is 32.6 Å². The number of hydrogen-bond acceptors (Lipinski definition) is 5. The molecule has 0 aliphatic carbocycles. The van der Waals surface area contributed by atoms with Crippen LogP contribution in [0.3, 0.4) is 0 Å². The predicted molar refractivity (Wildman–Crippen MR) is 106 cm³/mol. The summed E-state index contributed by atoms with van der Waals surface area (Å²) in [5, 5.41) is 9.47. The second kappa shape index (κ2) is 6.14. The molecular formula is C20H21N5S. The Morgan fingerprint density at radius 3 is 2.81 bits per heavy atom. The zero-order valence-electron chi connectivity index (χ0n) is 15.0. The number of benzene rings is 1. The van der Waals surface area contributed by atoms with Gasteiger partial charge in [-0.15, -0.1) is 11.3 Å². The Morgan fingerprint density at radius 2 is 1.96 bits per heavy atom. The number of imidazole rings is 1. The second-order valence-electron chi connectivity index (χ2n) is 7.12.